The number of nitrogens with one attached hydrogen (secondary N) is 1. The number of hydrogen-bond donors (Lipinski definition) is 3. The van der Waals surface area contributed by atoms with Crippen LogP contribution in [0, 0.1) is 5.82 Å². The van der Waals surface area contributed by atoms with Gasteiger partial charge in [0.1, 0.15) is 5.82 Å². The van der Waals surface area contributed by atoms with Gasteiger partial charge in [-0.2, -0.15) is 11.8 Å². The summed E-state index contributed by atoms with van der Waals surface area (Å²) in [6.45, 7) is 0.458. The van der Waals surface area contributed by atoms with Crippen molar-refractivity contribution in [3.63, 3.8) is 0 Å². The lowest BCUT2D eigenvalue weighted by molar-refractivity contribution is 0.318. The maximum atomic E-state index is 14.2. The molecule has 0 radical (unpaired) electrons. The number of thioether (sulfide) groups is 1. The molecule has 1 fully saturated rings. The first-order valence-corrected chi connectivity index (χ1v) is 7.97. The van der Waals surface area contributed by atoms with E-state index in [0.717, 1.165) is 6.42 Å². The predicted octanol–water partition coefficient (Wildman–Crippen LogP) is 2.29. The number of benzene rings is 1. The van der Waals surface area contributed by atoms with E-state index in [-0.39, 0.29) is 11.4 Å². The van der Waals surface area contributed by atoms with E-state index < -0.39 is 5.82 Å². The zero-order chi connectivity index (χ0) is 14.5. The van der Waals surface area contributed by atoms with Gasteiger partial charge in [-0.25, -0.2) is 4.39 Å². The molecule has 0 saturated heterocycles. The largest absolute Gasteiger partial charge is 0.409 e. The normalized spacial score (nSPS) is 23.2. The fraction of sp³-hybridized carbons (Fsp3) is 0.500. The van der Waals surface area contributed by atoms with Crippen LogP contribution in [-0.2, 0) is 6.54 Å². The first kappa shape index (κ1) is 15.1. The molecule has 1 saturated carbocycles. The smallest absolute Gasteiger partial charge is 0.173 e. The molecule has 1 aromatic carbocycles. The molecular weight excluding hydrogens is 277 g/mol. The van der Waals surface area contributed by atoms with E-state index in [1.54, 1.807) is 12.1 Å². The summed E-state index contributed by atoms with van der Waals surface area (Å²) in [5.74, 6) is -0.624. The third kappa shape index (κ3) is 3.24. The van der Waals surface area contributed by atoms with Crippen LogP contribution < -0.4 is 11.1 Å². The molecule has 0 aliphatic heterocycles. The molecule has 0 bridgehead atoms. The Morgan fingerprint density at radius 1 is 1.55 bits per heavy atom. The van der Waals surface area contributed by atoms with Gasteiger partial charge in [0.25, 0.3) is 0 Å². The molecule has 2 atom stereocenters. The van der Waals surface area contributed by atoms with Crippen LogP contribution in [0.1, 0.15) is 30.4 Å². The van der Waals surface area contributed by atoms with Crippen molar-refractivity contribution in [1.29, 1.82) is 0 Å². The van der Waals surface area contributed by atoms with Crippen LogP contribution in [0.25, 0.3) is 0 Å². The molecule has 2 rings (SSSR count). The van der Waals surface area contributed by atoms with E-state index in [1.165, 1.54) is 18.9 Å². The van der Waals surface area contributed by atoms with Gasteiger partial charge in [0.2, 0.25) is 0 Å². The van der Waals surface area contributed by atoms with Gasteiger partial charge in [-0.1, -0.05) is 23.7 Å². The minimum Gasteiger partial charge on any atom is -0.409 e. The number of oxime groups is 1. The molecule has 0 heterocycles. The maximum absolute atomic E-state index is 14.2. The molecule has 6 heteroatoms. The first-order chi connectivity index (χ1) is 9.67. The Hall–Kier alpha value is -1.27. The Labute approximate surface area is 122 Å². The second kappa shape index (κ2) is 6.95. The molecule has 4 N–H and O–H groups in total. The fourth-order valence-corrected chi connectivity index (χ4v) is 3.61. The number of rotatable bonds is 5. The van der Waals surface area contributed by atoms with Crippen molar-refractivity contribution in [2.24, 2.45) is 10.9 Å². The van der Waals surface area contributed by atoms with Crippen molar-refractivity contribution in [1.82, 2.24) is 5.32 Å². The van der Waals surface area contributed by atoms with Gasteiger partial charge in [0.15, 0.2) is 5.84 Å². The Kier molecular flexibility index (Phi) is 5.25. The van der Waals surface area contributed by atoms with Gasteiger partial charge in [-0.3, -0.25) is 0 Å². The maximum Gasteiger partial charge on any atom is 0.173 e. The molecule has 2 unspecified atom stereocenters. The summed E-state index contributed by atoms with van der Waals surface area (Å²) in [4.78, 5) is 0. The summed E-state index contributed by atoms with van der Waals surface area (Å²) < 4.78 is 14.2. The van der Waals surface area contributed by atoms with Crippen LogP contribution in [0.5, 0.6) is 0 Å². The van der Waals surface area contributed by atoms with E-state index >= 15 is 0 Å². The first-order valence-electron chi connectivity index (χ1n) is 6.68. The number of nitrogens with two attached hydrogens (primary N) is 1. The summed E-state index contributed by atoms with van der Waals surface area (Å²) in [6.07, 6.45) is 5.68. The molecule has 1 aliphatic carbocycles. The fourth-order valence-electron chi connectivity index (χ4n) is 2.65. The van der Waals surface area contributed by atoms with E-state index in [9.17, 15) is 4.39 Å². The average Bonchev–Trinajstić information content (AvgIpc) is 2.93. The lowest BCUT2D eigenvalue weighted by atomic mass is 10.1. The predicted molar refractivity (Wildman–Crippen MR) is 80.7 cm³/mol. The summed E-state index contributed by atoms with van der Waals surface area (Å²) in [7, 11) is 0. The Balaban J connectivity index is 2.06. The van der Waals surface area contributed by atoms with Crippen molar-refractivity contribution in [2.75, 3.05) is 6.26 Å². The van der Waals surface area contributed by atoms with E-state index in [0.29, 0.717) is 23.4 Å². The van der Waals surface area contributed by atoms with Crippen molar-refractivity contribution in [3.8, 4) is 0 Å². The summed E-state index contributed by atoms with van der Waals surface area (Å²) >= 11 is 1.86. The quantitative estimate of drug-likeness (QED) is 0.337. The van der Waals surface area contributed by atoms with Gasteiger partial charge in [0.05, 0.1) is 5.56 Å². The van der Waals surface area contributed by atoms with Crippen LogP contribution in [-0.4, -0.2) is 28.6 Å². The minimum atomic E-state index is -0.422. The van der Waals surface area contributed by atoms with Crippen LogP contribution in [0.3, 0.4) is 0 Å². The van der Waals surface area contributed by atoms with Crippen LogP contribution in [0.15, 0.2) is 23.4 Å². The molecule has 4 nitrogen and oxygen atoms in total. The van der Waals surface area contributed by atoms with Gasteiger partial charge >= 0.3 is 0 Å². The molecule has 110 valence electrons. The number of nitrogens with zero attached hydrogens (tertiary/aromatic N) is 1. The number of amidine groups is 1. The molecular formula is C14H20FN3OS. The highest BCUT2D eigenvalue weighted by molar-refractivity contribution is 7.99. The van der Waals surface area contributed by atoms with Gasteiger partial charge < -0.3 is 16.3 Å². The van der Waals surface area contributed by atoms with Crippen molar-refractivity contribution >= 4 is 17.6 Å². The third-order valence-corrected chi connectivity index (χ3v) is 4.94. The van der Waals surface area contributed by atoms with E-state index in [4.69, 9.17) is 10.9 Å². The number of hydrogen-bond acceptors (Lipinski definition) is 4. The summed E-state index contributed by atoms with van der Waals surface area (Å²) in [5.41, 5.74) is 6.14. The monoisotopic (exact) mass is 297 g/mol. The van der Waals surface area contributed by atoms with Crippen LogP contribution >= 0.6 is 11.8 Å². The summed E-state index contributed by atoms with van der Waals surface area (Å²) in [5, 5.41) is 15.5. The topological polar surface area (TPSA) is 70.6 Å². The molecule has 0 aromatic heterocycles. The lowest BCUT2D eigenvalue weighted by Gasteiger charge is -2.19. The van der Waals surface area contributed by atoms with Gasteiger partial charge in [0, 0.05) is 23.4 Å². The zero-order valence-electron chi connectivity index (χ0n) is 11.5. The zero-order valence-corrected chi connectivity index (χ0v) is 12.3. The molecule has 1 aliphatic rings. The third-order valence-electron chi connectivity index (χ3n) is 3.77. The second-order valence-electron chi connectivity index (χ2n) is 4.96. The van der Waals surface area contributed by atoms with E-state index in [1.807, 2.05) is 11.8 Å². The Morgan fingerprint density at radius 3 is 3.05 bits per heavy atom. The number of halogens is 1. The molecule has 0 amide bonds. The summed E-state index contributed by atoms with van der Waals surface area (Å²) in [6, 6.07) is 5.37. The SMILES string of the molecule is CSC1CCCC1NCc1cccc(/C(N)=N/O)c1F. The minimum absolute atomic E-state index is 0.139. The van der Waals surface area contributed by atoms with Gasteiger partial charge in [-0.15, -0.1) is 0 Å². The molecule has 1 aromatic rings. The van der Waals surface area contributed by atoms with Crippen LogP contribution in [0.4, 0.5) is 4.39 Å². The molecule has 0 spiro atoms. The Morgan fingerprint density at radius 2 is 2.35 bits per heavy atom. The highest BCUT2D eigenvalue weighted by atomic mass is 32.2. The molecule has 20 heavy (non-hydrogen) atoms. The standard InChI is InChI=1S/C14H20FN3OS/c1-20-12-7-3-6-11(12)17-8-9-4-2-5-10(13(9)15)14(16)18-19/h2,4-5,11-12,17,19H,3,6-8H2,1H3,(H2,16,18). The van der Waals surface area contributed by atoms with Crippen molar-refractivity contribution < 1.29 is 9.60 Å². The lowest BCUT2D eigenvalue weighted by Crippen LogP contribution is -2.33. The van der Waals surface area contributed by atoms with Crippen molar-refractivity contribution in [2.45, 2.75) is 37.1 Å². The highest BCUT2D eigenvalue weighted by Gasteiger charge is 2.26. The van der Waals surface area contributed by atoms with Crippen LogP contribution in [0.2, 0.25) is 0 Å². The van der Waals surface area contributed by atoms with Crippen molar-refractivity contribution in [3.05, 3.63) is 35.1 Å². The Bertz CT molecular complexity index is 495. The second-order valence-corrected chi connectivity index (χ2v) is 6.03. The highest BCUT2D eigenvalue weighted by Crippen LogP contribution is 2.28. The van der Waals surface area contributed by atoms with Gasteiger partial charge in [-0.05, 0) is 25.2 Å². The average molecular weight is 297 g/mol. The van der Waals surface area contributed by atoms with E-state index in [2.05, 4.69) is 16.7 Å².